The maximum absolute atomic E-state index is 12.4. The number of fused-ring (bicyclic) bond motifs is 2. The summed E-state index contributed by atoms with van der Waals surface area (Å²) in [7, 11) is 0. The average Bonchev–Trinajstić information content (AvgIpc) is 3.39. The number of anilines is 1. The molecule has 1 saturated heterocycles. The van der Waals surface area contributed by atoms with E-state index >= 15 is 0 Å². The van der Waals surface area contributed by atoms with Crippen molar-refractivity contribution >= 4 is 33.8 Å². The highest BCUT2D eigenvalue weighted by Crippen LogP contribution is 2.23. The molecule has 5 rings (SSSR count). The van der Waals surface area contributed by atoms with Gasteiger partial charge in [0, 0.05) is 47.7 Å². The summed E-state index contributed by atoms with van der Waals surface area (Å²) >= 11 is 6.07. The van der Waals surface area contributed by atoms with Crippen molar-refractivity contribution in [3.05, 3.63) is 73.8 Å². The molecule has 1 fully saturated rings. The second-order valence-corrected chi connectivity index (χ2v) is 7.91. The number of pyridine rings is 1. The average molecular weight is 411 g/mol. The summed E-state index contributed by atoms with van der Waals surface area (Å²) < 4.78 is 1.48. The Labute approximate surface area is 173 Å². The van der Waals surface area contributed by atoms with Gasteiger partial charge in [0.05, 0.1) is 5.02 Å². The number of hydrogen-bond donors (Lipinski definition) is 1. The standard InChI is InChI=1S/C15H19ClN4O.C7H4O/c1-10(17)12-7-11(16)9-20-14(21)8-13(18-15(12)20)19-5-3-2-4-6-19;8-7-5-3-1-2-4-6(5)7/h7-10H,2-6,17H2,1H3;1-4H. The third kappa shape index (κ3) is 4.04. The van der Waals surface area contributed by atoms with Crippen molar-refractivity contribution in [1.82, 2.24) is 9.38 Å². The van der Waals surface area contributed by atoms with E-state index in [-0.39, 0.29) is 17.0 Å². The molecular weight excluding hydrogens is 388 g/mol. The van der Waals surface area contributed by atoms with Gasteiger partial charge in [-0.3, -0.25) is 14.0 Å². The second kappa shape index (κ2) is 7.97. The van der Waals surface area contributed by atoms with Gasteiger partial charge in [-0.1, -0.05) is 35.9 Å². The van der Waals surface area contributed by atoms with Gasteiger partial charge >= 0.3 is 0 Å². The second-order valence-electron chi connectivity index (χ2n) is 7.47. The molecule has 0 spiro atoms. The predicted octanol–water partition coefficient (Wildman–Crippen LogP) is 3.43. The van der Waals surface area contributed by atoms with Crippen LogP contribution in [0.2, 0.25) is 5.02 Å². The van der Waals surface area contributed by atoms with Crippen LogP contribution in [0.1, 0.15) is 37.8 Å². The van der Waals surface area contributed by atoms with Crippen molar-refractivity contribution < 1.29 is 0 Å². The molecule has 1 aliphatic rings. The molecule has 2 N–H and O–H groups in total. The van der Waals surface area contributed by atoms with Crippen molar-refractivity contribution in [3.63, 3.8) is 0 Å². The lowest BCUT2D eigenvalue weighted by molar-refractivity contribution is 0.573. The Morgan fingerprint density at radius 2 is 1.72 bits per heavy atom. The normalized spacial score (nSPS) is 15.5. The van der Waals surface area contributed by atoms with Crippen LogP contribution in [-0.2, 0) is 0 Å². The zero-order chi connectivity index (χ0) is 20.5. The van der Waals surface area contributed by atoms with E-state index in [0.717, 1.165) is 48.1 Å². The number of rotatable bonds is 2. The smallest absolute Gasteiger partial charge is 0.260 e. The van der Waals surface area contributed by atoms with Gasteiger partial charge in [-0.2, -0.15) is 0 Å². The van der Waals surface area contributed by atoms with Crippen LogP contribution >= 0.6 is 11.6 Å². The molecule has 6 nitrogen and oxygen atoms in total. The fraction of sp³-hybridized carbons (Fsp3) is 0.318. The number of nitrogens with two attached hydrogens (primary N) is 1. The molecule has 1 atom stereocenters. The lowest BCUT2D eigenvalue weighted by atomic mass is 10.1. The minimum Gasteiger partial charge on any atom is -0.356 e. The molecule has 0 saturated carbocycles. The van der Waals surface area contributed by atoms with Crippen molar-refractivity contribution in [2.75, 3.05) is 18.0 Å². The summed E-state index contributed by atoms with van der Waals surface area (Å²) in [6.45, 7) is 3.76. The van der Waals surface area contributed by atoms with Gasteiger partial charge < -0.3 is 10.6 Å². The Morgan fingerprint density at radius 3 is 2.31 bits per heavy atom. The van der Waals surface area contributed by atoms with E-state index in [1.54, 1.807) is 18.3 Å². The maximum atomic E-state index is 12.4. The zero-order valence-corrected chi connectivity index (χ0v) is 17.0. The fourth-order valence-electron chi connectivity index (χ4n) is 3.63. The molecule has 150 valence electrons. The molecule has 29 heavy (non-hydrogen) atoms. The molecule has 7 heteroatoms. The number of piperidine rings is 1. The van der Waals surface area contributed by atoms with Crippen molar-refractivity contribution in [1.29, 1.82) is 0 Å². The molecule has 0 bridgehead atoms. The van der Waals surface area contributed by atoms with Crippen LogP contribution in [0.5, 0.6) is 0 Å². The van der Waals surface area contributed by atoms with Crippen molar-refractivity contribution in [2.45, 2.75) is 32.2 Å². The highest BCUT2D eigenvalue weighted by Gasteiger charge is 2.16. The lowest BCUT2D eigenvalue weighted by Crippen LogP contribution is -2.32. The molecule has 2 aromatic carbocycles. The van der Waals surface area contributed by atoms with Gasteiger partial charge in [0.15, 0.2) is 5.43 Å². The van der Waals surface area contributed by atoms with Crippen LogP contribution in [0, 0.1) is 0 Å². The first-order chi connectivity index (χ1) is 14.0. The lowest BCUT2D eigenvalue weighted by Gasteiger charge is -2.28. The van der Waals surface area contributed by atoms with Crippen LogP contribution in [0.3, 0.4) is 0 Å². The summed E-state index contributed by atoms with van der Waals surface area (Å²) in [5, 5.41) is 2.28. The molecule has 0 aliphatic carbocycles. The molecular formula is C22H23ClN4O2. The van der Waals surface area contributed by atoms with Crippen LogP contribution in [0.15, 0.2) is 52.2 Å². The highest BCUT2D eigenvalue weighted by molar-refractivity contribution is 6.30. The fourth-order valence-corrected chi connectivity index (χ4v) is 3.85. The molecule has 4 aromatic rings. The van der Waals surface area contributed by atoms with E-state index in [1.165, 1.54) is 10.8 Å². The van der Waals surface area contributed by atoms with E-state index in [2.05, 4.69) is 9.88 Å². The molecule has 3 heterocycles. The Morgan fingerprint density at radius 1 is 1.07 bits per heavy atom. The third-order valence-corrected chi connectivity index (χ3v) is 5.47. The summed E-state index contributed by atoms with van der Waals surface area (Å²) in [5.74, 6) is 0.740. The van der Waals surface area contributed by atoms with Crippen LogP contribution in [-0.4, -0.2) is 22.5 Å². The first-order valence-corrected chi connectivity index (χ1v) is 10.2. The Kier molecular flexibility index (Phi) is 5.39. The maximum Gasteiger partial charge on any atom is 0.260 e. The monoisotopic (exact) mass is 410 g/mol. The molecule has 2 aromatic heterocycles. The number of nitrogens with zero attached hydrogens (tertiary/aromatic N) is 3. The summed E-state index contributed by atoms with van der Waals surface area (Å²) in [5.41, 5.74) is 7.49. The highest BCUT2D eigenvalue weighted by atomic mass is 35.5. The van der Waals surface area contributed by atoms with E-state index in [0.29, 0.717) is 10.7 Å². The number of aromatic nitrogens is 2. The van der Waals surface area contributed by atoms with Gasteiger partial charge in [-0.25, -0.2) is 4.98 Å². The molecule has 0 amide bonds. The largest absolute Gasteiger partial charge is 0.356 e. The number of benzene rings is 1. The quantitative estimate of drug-likeness (QED) is 0.547. The molecule has 1 unspecified atom stereocenters. The summed E-state index contributed by atoms with van der Waals surface area (Å²) in [4.78, 5) is 29.8. The Hall–Kier alpha value is -2.70. The van der Waals surface area contributed by atoms with Crippen molar-refractivity contribution in [3.8, 4) is 0 Å². The Balaban J connectivity index is 0.000000211. The Bertz CT molecular complexity index is 1200. The summed E-state index contributed by atoms with van der Waals surface area (Å²) in [6, 6.07) is 10.6. The minimum atomic E-state index is -0.234. The first kappa shape index (κ1) is 19.6. The zero-order valence-electron chi connectivity index (χ0n) is 16.3. The minimum absolute atomic E-state index is 0.120. The van der Waals surface area contributed by atoms with Gasteiger partial charge in [-0.05, 0) is 32.3 Å². The SMILES string of the molecule is CC(N)c1cc(Cl)cn2c(=O)cc(N3CCCCC3)nc12.O=c1c2ccccc12. The van der Waals surface area contributed by atoms with Gasteiger partial charge in [0.2, 0.25) is 0 Å². The van der Waals surface area contributed by atoms with E-state index in [4.69, 9.17) is 17.3 Å². The van der Waals surface area contributed by atoms with Crippen LogP contribution in [0.4, 0.5) is 5.82 Å². The van der Waals surface area contributed by atoms with Crippen molar-refractivity contribution in [2.24, 2.45) is 5.73 Å². The first-order valence-electron chi connectivity index (χ1n) is 9.83. The van der Waals surface area contributed by atoms with Crippen LogP contribution in [0.25, 0.3) is 16.4 Å². The predicted molar refractivity (Wildman–Crippen MR) is 118 cm³/mol. The molecule has 1 aliphatic heterocycles. The number of halogens is 1. The van der Waals surface area contributed by atoms with Gasteiger partial charge in [0.25, 0.3) is 5.56 Å². The van der Waals surface area contributed by atoms with Crippen LogP contribution < -0.4 is 21.6 Å². The van der Waals surface area contributed by atoms with Gasteiger partial charge in [-0.15, -0.1) is 0 Å². The van der Waals surface area contributed by atoms with E-state index in [1.807, 2.05) is 31.2 Å². The third-order valence-electron chi connectivity index (χ3n) is 5.27. The summed E-state index contributed by atoms with van der Waals surface area (Å²) in [6.07, 6.45) is 5.12. The van der Waals surface area contributed by atoms with E-state index in [9.17, 15) is 9.59 Å². The number of hydrogen-bond acceptors (Lipinski definition) is 5. The topological polar surface area (TPSA) is 80.7 Å². The van der Waals surface area contributed by atoms with Gasteiger partial charge in [0.1, 0.15) is 11.5 Å². The molecule has 0 radical (unpaired) electrons. The van der Waals surface area contributed by atoms with E-state index < -0.39 is 0 Å².